The molecule has 0 fully saturated rings. The van der Waals surface area contributed by atoms with Gasteiger partial charge in [0.05, 0.1) is 5.51 Å². The number of halogens is 1. The van der Waals surface area contributed by atoms with Crippen LogP contribution in [0.25, 0.3) is 0 Å². The van der Waals surface area contributed by atoms with Gasteiger partial charge in [-0.3, -0.25) is 4.98 Å². The topological polar surface area (TPSA) is 24.9 Å². The molecule has 0 aliphatic rings. The lowest BCUT2D eigenvalue weighted by Gasteiger charge is -2.30. The van der Waals surface area contributed by atoms with Crippen LogP contribution in [-0.2, 0) is 6.54 Å². The van der Waals surface area contributed by atoms with Crippen LogP contribution in [-0.4, -0.2) is 16.4 Å². The van der Waals surface area contributed by atoms with Crippen LogP contribution in [0.5, 0.6) is 0 Å². The molecule has 0 aliphatic heterocycles. The maximum absolute atomic E-state index is 5.99. The molecule has 0 saturated carbocycles. The monoisotopic (exact) mass is 232 g/mol. The fraction of sp³-hybridized carbons (Fsp3) is 0.700. The summed E-state index contributed by atoms with van der Waals surface area (Å²) in [5, 5.41) is 3.52. The smallest absolute Gasteiger partial charge is 0.0794 e. The van der Waals surface area contributed by atoms with Crippen LogP contribution >= 0.6 is 22.9 Å². The highest BCUT2D eigenvalue weighted by Gasteiger charge is 2.23. The van der Waals surface area contributed by atoms with Crippen molar-refractivity contribution in [2.75, 3.05) is 5.88 Å². The lowest BCUT2D eigenvalue weighted by molar-refractivity contribution is 0.335. The minimum Gasteiger partial charge on any atom is -0.305 e. The van der Waals surface area contributed by atoms with Gasteiger partial charge in [0, 0.05) is 29.0 Å². The molecule has 0 bridgehead atoms. The number of nitrogens with zero attached hydrogens (tertiary/aromatic N) is 1. The fourth-order valence-electron chi connectivity index (χ4n) is 1.34. The molecule has 0 amide bonds. The highest BCUT2D eigenvalue weighted by molar-refractivity contribution is 7.09. The highest BCUT2D eigenvalue weighted by Crippen LogP contribution is 2.18. The van der Waals surface area contributed by atoms with Crippen molar-refractivity contribution < 1.29 is 0 Å². The van der Waals surface area contributed by atoms with E-state index in [-0.39, 0.29) is 5.54 Å². The summed E-state index contributed by atoms with van der Waals surface area (Å²) >= 11 is 7.67. The minimum absolute atomic E-state index is 0.0888. The zero-order valence-electron chi connectivity index (χ0n) is 8.72. The number of hydrogen-bond donors (Lipinski definition) is 1. The molecule has 0 radical (unpaired) electrons. The summed E-state index contributed by atoms with van der Waals surface area (Å²) in [5.41, 5.74) is 1.95. The van der Waals surface area contributed by atoms with Gasteiger partial charge in [0.1, 0.15) is 0 Å². The van der Waals surface area contributed by atoms with Crippen molar-refractivity contribution in [3.63, 3.8) is 0 Å². The summed E-state index contributed by atoms with van der Waals surface area (Å²) in [7, 11) is 0. The Bertz CT molecular complexity index is 236. The second kappa shape index (κ2) is 5.69. The molecular weight excluding hydrogens is 216 g/mol. The number of aromatic nitrogens is 1. The maximum atomic E-state index is 5.99. The Balaban J connectivity index is 2.48. The average molecular weight is 233 g/mol. The molecule has 1 aromatic heterocycles. The van der Waals surface area contributed by atoms with Crippen LogP contribution in [0.1, 0.15) is 31.6 Å². The van der Waals surface area contributed by atoms with E-state index >= 15 is 0 Å². The SMILES string of the molecule is CCC(CC)(CCl)NCc1cncs1. The quantitative estimate of drug-likeness (QED) is 0.763. The van der Waals surface area contributed by atoms with Gasteiger partial charge in [-0.25, -0.2) is 0 Å². The van der Waals surface area contributed by atoms with Gasteiger partial charge in [0.2, 0.25) is 0 Å². The number of nitrogens with one attached hydrogen (secondary N) is 1. The van der Waals surface area contributed by atoms with E-state index in [1.165, 1.54) is 4.88 Å². The van der Waals surface area contributed by atoms with E-state index < -0.39 is 0 Å². The molecule has 0 atom stereocenters. The molecule has 0 unspecified atom stereocenters. The Morgan fingerprint density at radius 3 is 2.64 bits per heavy atom. The Kier molecular flexibility index (Phi) is 4.85. The van der Waals surface area contributed by atoms with Gasteiger partial charge in [-0.1, -0.05) is 13.8 Å². The molecule has 0 spiro atoms. The third-order valence-corrected chi connectivity index (χ3v) is 4.02. The van der Waals surface area contributed by atoms with Crippen molar-refractivity contribution >= 4 is 22.9 Å². The van der Waals surface area contributed by atoms with E-state index in [1.54, 1.807) is 11.3 Å². The number of thiazole rings is 1. The average Bonchev–Trinajstić information content (AvgIpc) is 2.74. The van der Waals surface area contributed by atoms with E-state index in [4.69, 9.17) is 11.6 Å². The molecule has 80 valence electrons. The van der Waals surface area contributed by atoms with Gasteiger partial charge in [-0.15, -0.1) is 22.9 Å². The first-order valence-corrected chi connectivity index (χ1v) is 6.36. The summed E-state index contributed by atoms with van der Waals surface area (Å²) in [6.07, 6.45) is 4.03. The zero-order chi connectivity index (χ0) is 10.4. The van der Waals surface area contributed by atoms with Gasteiger partial charge in [-0.05, 0) is 12.8 Å². The second-order valence-electron chi connectivity index (χ2n) is 3.44. The summed E-state index contributed by atoms with van der Waals surface area (Å²) in [5.74, 6) is 0.665. The minimum atomic E-state index is 0.0888. The van der Waals surface area contributed by atoms with E-state index in [0.717, 1.165) is 19.4 Å². The predicted molar refractivity (Wildman–Crippen MR) is 63.0 cm³/mol. The molecule has 2 nitrogen and oxygen atoms in total. The largest absolute Gasteiger partial charge is 0.305 e. The maximum Gasteiger partial charge on any atom is 0.0794 e. The fourth-order valence-corrected chi connectivity index (χ4v) is 2.35. The van der Waals surface area contributed by atoms with Crippen molar-refractivity contribution in [2.24, 2.45) is 0 Å². The Morgan fingerprint density at radius 2 is 2.21 bits per heavy atom. The predicted octanol–water partition coefficient (Wildman–Crippen LogP) is 3.03. The lowest BCUT2D eigenvalue weighted by atomic mass is 9.95. The van der Waals surface area contributed by atoms with Crippen LogP contribution in [0.15, 0.2) is 11.7 Å². The third-order valence-electron chi connectivity index (χ3n) is 2.73. The summed E-state index contributed by atoms with van der Waals surface area (Å²) in [4.78, 5) is 5.31. The lowest BCUT2D eigenvalue weighted by Crippen LogP contribution is -2.45. The molecule has 14 heavy (non-hydrogen) atoms. The van der Waals surface area contributed by atoms with E-state index in [0.29, 0.717) is 5.88 Å². The number of hydrogen-bond acceptors (Lipinski definition) is 3. The van der Waals surface area contributed by atoms with Crippen LogP contribution in [0, 0.1) is 0 Å². The molecule has 1 heterocycles. The van der Waals surface area contributed by atoms with E-state index in [9.17, 15) is 0 Å². The first kappa shape index (κ1) is 12.0. The van der Waals surface area contributed by atoms with Crippen molar-refractivity contribution in [3.8, 4) is 0 Å². The van der Waals surface area contributed by atoms with Crippen molar-refractivity contribution in [1.82, 2.24) is 10.3 Å². The van der Waals surface area contributed by atoms with Gasteiger partial charge >= 0.3 is 0 Å². The van der Waals surface area contributed by atoms with Gasteiger partial charge in [-0.2, -0.15) is 0 Å². The van der Waals surface area contributed by atoms with Crippen LogP contribution < -0.4 is 5.32 Å². The van der Waals surface area contributed by atoms with Crippen LogP contribution in [0.3, 0.4) is 0 Å². The molecule has 0 saturated heterocycles. The first-order chi connectivity index (χ1) is 6.76. The summed E-state index contributed by atoms with van der Waals surface area (Å²) < 4.78 is 0. The molecule has 4 heteroatoms. The summed E-state index contributed by atoms with van der Waals surface area (Å²) in [6, 6.07) is 0. The normalized spacial score (nSPS) is 11.9. The molecule has 1 rings (SSSR count). The standard InChI is InChI=1S/C10H17ClN2S/c1-3-10(4-2,7-11)13-6-9-5-12-8-14-9/h5,8,13H,3-4,6-7H2,1-2H3. The number of alkyl halides is 1. The van der Waals surface area contributed by atoms with Gasteiger partial charge < -0.3 is 5.32 Å². The molecule has 0 aromatic carbocycles. The Labute approximate surface area is 94.7 Å². The van der Waals surface area contributed by atoms with Crippen molar-refractivity contribution in [1.29, 1.82) is 0 Å². The summed E-state index contributed by atoms with van der Waals surface area (Å²) in [6.45, 7) is 5.22. The van der Waals surface area contributed by atoms with Crippen LogP contribution in [0.2, 0.25) is 0 Å². The Hall–Kier alpha value is -0.120. The first-order valence-electron chi connectivity index (χ1n) is 4.94. The molecule has 0 aliphatic carbocycles. The van der Waals surface area contributed by atoms with E-state index in [1.807, 2.05) is 11.7 Å². The molecule has 1 aromatic rings. The second-order valence-corrected chi connectivity index (χ2v) is 4.68. The van der Waals surface area contributed by atoms with Crippen molar-refractivity contribution in [2.45, 2.75) is 38.8 Å². The van der Waals surface area contributed by atoms with Crippen molar-refractivity contribution in [3.05, 3.63) is 16.6 Å². The number of rotatable bonds is 6. The van der Waals surface area contributed by atoms with Gasteiger partial charge in [0.15, 0.2) is 0 Å². The molecule has 1 N–H and O–H groups in total. The van der Waals surface area contributed by atoms with Gasteiger partial charge in [0.25, 0.3) is 0 Å². The third kappa shape index (κ3) is 2.94. The molecular formula is C10H17ClN2S. The van der Waals surface area contributed by atoms with E-state index in [2.05, 4.69) is 24.1 Å². The zero-order valence-corrected chi connectivity index (χ0v) is 10.3. The Morgan fingerprint density at radius 1 is 1.50 bits per heavy atom. The highest BCUT2D eigenvalue weighted by atomic mass is 35.5. The van der Waals surface area contributed by atoms with Crippen LogP contribution in [0.4, 0.5) is 0 Å².